The highest BCUT2D eigenvalue weighted by Gasteiger charge is 2.26. The SMILES string of the molecule is CCCn1cncc1C(CN)N1CCc2sccc2C1. The summed E-state index contributed by atoms with van der Waals surface area (Å²) in [5, 5.41) is 2.20. The maximum Gasteiger partial charge on any atom is 0.0948 e. The lowest BCUT2D eigenvalue weighted by atomic mass is 10.1. The molecule has 0 spiro atoms. The van der Waals surface area contributed by atoms with Gasteiger partial charge in [0.25, 0.3) is 0 Å². The second-order valence-electron chi connectivity index (χ2n) is 5.35. The van der Waals surface area contributed by atoms with Gasteiger partial charge in [0.2, 0.25) is 0 Å². The summed E-state index contributed by atoms with van der Waals surface area (Å²) in [7, 11) is 0. The lowest BCUT2D eigenvalue weighted by molar-refractivity contribution is 0.178. The normalized spacial score (nSPS) is 17.1. The van der Waals surface area contributed by atoms with Crippen LogP contribution in [0, 0.1) is 0 Å². The van der Waals surface area contributed by atoms with Crippen molar-refractivity contribution in [3.63, 3.8) is 0 Å². The summed E-state index contributed by atoms with van der Waals surface area (Å²) in [5.41, 5.74) is 8.81. The fraction of sp³-hybridized carbons (Fsp3) is 0.533. The van der Waals surface area contributed by atoms with Crippen molar-refractivity contribution >= 4 is 11.3 Å². The Morgan fingerprint density at radius 2 is 2.40 bits per heavy atom. The third kappa shape index (κ3) is 2.53. The molecule has 3 heterocycles. The number of rotatable bonds is 5. The van der Waals surface area contributed by atoms with Crippen molar-refractivity contribution in [2.75, 3.05) is 13.1 Å². The number of imidazole rings is 1. The summed E-state index contributed by atoms with van der Waals surface area (Å²) in [6.45, 7) is 5.96. The summed E-state index contributed by atoms with van der Waals surface area (Å²) in [4.78, 5) is 8.36. The first-order valence-corrected chi connectivity index (χ1v) is 8.20. The predicted octanol–water partition coefficient (Wildman–Crippen LogP) is 2.41. The Morgan fingerprint density at radius 1 is 1.50 bits per heavy atom. The molecule has 2 N–H and O–H groups in total. The van der Waals surface area contributed by atoms with Gasteiger partial charge in [-0.1, -0.05) is 6.92 Å². The van der Waals surface area contributed by atoms with Crippen molar-refractivity contribution in [1.29, 1.82) is 0 Å². The molecule has 0 fully saturated rings. The predicted molar refractivity (Wildman–Crippen MR) is 82.7 cm³/mol. The Kier molecular flexibility index (Phi) is 4.19. The number of hydrogen-bond donors (Lipinski definition) is 1. The van der Waals surface area contributed by atoms with Crippen LogP contribution in [0.25, 0.3) is 0 Å². The van der Waals surface area contributed by atoms with E-state index >= 15 is 0 Å². The van der Waals surface area contributed by atoms with E-state index in [2.05, 4.69) is 32.8 Å². The minimum Gasteiger partial charge on any atom is -0.333 e. The number of thiophene rings is 1. The van der Waals surface area contributed by atoms with Gasteiger partial charge in [0.15, 0.2) is 0 Å². The van der Waals surface area contributed by atoms with E-state index in [0.717, 1.165) is 32.5 Å². The molecule has 0 saturated carbocycles. The average Bonchev–Trinajstić information content (AvgIpc) is 3.09. The summed E-state index contributed by atoms with van der Waals surface area (Å²) < 4.78 is 2.25. The highest BCUT2D eigenvalue weighted by atomic mass is 32.1. The Labute approximate surface area is 124 Å². The van der Waals surface area contributed by atoms with Gasteiger partial charge in [-0.25, -0.2) is 4.98 Å². The summed E-state index contributed by atoms with van der Waals surface area (Å²) in [6, 6.07) is 2.53. The van der Waals surface area contributed by atoms with Crippen LogP contribution in [0.3, 0.4) is 0 Å². The van der Waals surface area contributed by atoms with Gasteiger partial charge in [-0.05, 0) is 29.9 Å². The van der Waals surface area contributed by atoms with Gasteiger partial charge < -0.3 is 10.3 Å². The summed E-state index contributed by atoms with van der Waals surface area (Å²) >= 11 is 1.88. The van der Waals surface area contributed by atoms with Gasteiger partial charge in [0.05, 0.1) is 18.1 Å². The molecule has 108 valence electrons. The molecule has 2 aromatic rings. The Bertz CT molecular complexity index is 560. The Balaban J connectivity index is 1.82. The first-order chi connectivity index (χ1) is 9.83. The standard InChI is InChI=1S/C15H22N4S/c1-2-5-19-11-17-9-14(19)13(8-16)18-6-3-15-12(10-18)4-7-20-15/h4,7,9,11,13H,2-3,5-6,8,10,16H2,1H3. The molecule has 5 heteroatoms. The van der Waals surface area contributed by atoms with Crippen molar-refractivity contribution in [3.05, 3.63) is 40.1 Å². The van der Waals surface area contributed by atoms with E-state index in [1.807, 2.05) is 23.9 Å². The van der Waals surface area contributed by atoms with E-state index < -0.39 is 0 Å². The minimum absolute atomic E-state index is 0.275. The molecule has 1 aliphatic rings. The van der Waals surface area contributed by atoms with Crippen LogP contribution in [0.1, 0.15) is 35.5 Å². The van der Waals surface area contributed by atoms with Gasteiger partial charge >= 0.3 is 0 Å². The van der Waals surface area contributed by atoms with Gasteiger partial charge in [0, 0.05) is 37.3 Å². The summed E-state index contributed by atoms with van der Waals surface area (Å²) in [5.74, 6) is 0. The van der Waals surface area contributed by atoms with Gasteiger partial charge in [-0.3, -0.25) is 4.90 Å². The van der Waals surface area contributed by atoms with Crippen LogP contribution in [0.2, 0.25) is 0 Å². The molecule has 0 radical (unpaired) electrons. The third-order valence-electron chi connectivity index (χ3n) is 4.05. The number of aryl methyl sites for hydroxylation is 1. The maximum absolute atomic E-state index is 6.07. The minimum atomic E-state index is 0.275. The largest absolute Gasteiger partial charge is 0.333 e. The molecule has 2 aromatic heterocycles. The highest BCUT2D eigenvalue weighted by Crippen LogP contribution is 2.29. The fourth-order valence-electron chi connectivity index (χ4n) is 3.03. The molecule has 20 heavy (non-hydrogen) atoms. The van der Waals surface area contributed by atoms with Crippen LogP contribution in [-0.2, 0) is 19.5 Å². The smallest absolute Gasteiger partial charge is 0.0948 e. The van der Waals surface area contributed by atoms with E-state index in [-0.39, 0.29) is 6.04 Å². The monoisotopic (exact) mass is 290 g/mol. The second-order valence-corrected chi connectivity index (χ2v) is 6.35. The molecule has 1 atom stereocenters. The Morgan fingerprint density at radius 3 is 3.20 bits per heavy atom. The Hall–Kier alpha value is -1.17. The first-order valence-electron chi connectivity index (χ1n) is 7.32. The number of nitrogens with two attached hydrogens (primary N) is 1. The lowest BCUT2D eigenvalue weighted by Gasteiger charge is -2.34. The van der Waals surface area contributed by atoms with Crippen LogP contribution in [0.4, 0.5) is 0 Å². The van der Waals surface area contributed by atoms with Crippen LogP contribution in [-0.4, -0.2) is 27.5 Å². The zero-order valence-electron chi connectivity index (χ0n) is 12.0. The molecule has 0 amide bonds. The van der Waals surface area contributed by atoms with Crippen molar-refractivity contribution in [3.8, 4) is 0 Å². The zero-order chi connectivity index (χ0) is 13.9. The fourth-order valence-corrected chi connectivity index (χ4v) is 3.92. The van der Waals surface area contributed by atoms with E-state index in [4.69, 9.17) is 5.73 Å². The second kappa shape index (κ2) is 6.08. The van der Waals surface area contributed by atoms with E-state index in [1.165, 1.54) is 11.3 Å². The lowest BCUT2D eigenvalue weighted by Crippen LogP contribution is -2.38. The van der Waals surface area contributed by atoms with E-state index in [9.17, 15) is 0 Å². The highest BCUT2D eigenvalue weighted by molar-refractivity contribution is 7.10. The molecule has 1 aliphatic heterocycles. The molecular weight excluding hydrogens is 268 g/mol. The van der Waals surface area contributed by atoms with Crippen LogP contribution < -0.4 is 5.73 Å². The van der Waals surface area contributed by atoms with Crippen LogP contribution in [0.15, 0.2) is 24.0 Å². The topological polar surface area (TPSA) is 47.1 Å². The maximum atomic E-state index is 6.07. The number of fused-ring (bicyclic) bond motifs is 1. The van der Waals surface area contributed by atoms with Crippen molar-refractivity contribution in [2.45, 2.75) is 38.9 Å². The molecule has 0 aliphatic carbocycles. The summed E-state index contributed by atoms with van der Waals surface area (Å²) in [6.07, 6.45) is 6.18. The number of aromatic nitrogens is 2. The van der Waals surface area contributed by atoms with Crippen LogP contribution in [0.5, 0.6) is 0 Å². The van der Waals surface area contributed by atoms with Gasteiger partial charge in [0.1, 0.15) is 0 Å². The quantitative estimate of drug-likeness (QED) is 0.920. The van der Waals surface area contributed by atoms with E-state index in [0.29, 0.717) is 6.54 Å². The van der Waals surface area contributed by atoms with E-state index in [1.54, 1.807) is 4.88 Å². The molecule has 1 unspecified atom stereocenters. The number of hydrogen-bond acceptors (Lipinski definition) is 4. The molecule has 4 nitrogen and oxygen atoms in total. The van der Waals surface area contributed by atoms with Gasteiger partial charge in [-0.2, -0.15) is 0 Å². The van der Waals surface area contributed by atoms with Gasteiger partial charge in [-0.15, -0.1) is 11.3 Å². The number of nitrogens with zero attached hydrogens (tertiary/aromatic N) is 3. The molecule has 0 aromatic carbocycles. The van der Waals surface area contributed by atoms with Crippen LogP contribution >= 0.6 is 11.3 Å². The first kappa shape index (κ1) is 13.8. The average molecular weight is 290 g/mol. The van der Waals surface area contributed by atoms with Crippen molar-refractivity contribution in [2.24, 2.45) is 5.73 Å². The molecule has 0 bridgehead atoms. The molecular formula is C15H22N4S. The zero-order valence-corrected chi connectivity index (χ0v) is 12.8. The molecule has 0 saturated heterocycles. The third-order valence-corrected chi connectivity index (χ3v) is 5.07. The van der Waals surface area contributed by atoms with Crippen molar-refractivity contribution in [1.82, 2.24) is 14.5 Å². The van der Waals surface area contributed by atoms with Crippen molar-refractivity contribution < 1.29 is 0 Å². The molecule has 3 rings (SSSR count).